The smallest absolute Gasteiger partial charge is 0.234 e. The molecule has 28 heavy (non-hydrogen) atoms. The molecule has 0 unspecified atom stereocenters. The van der Waals surface area contributed by atoms with Crippen LogP contribution in [0.1, 0.15) is 35.0 Å². The summed E-state index contributed by atoms with van der Waals surface area (Å²) in [4.78, 5) is 13.4. The molecule has 0 saturated carbocycles. The van der Waals surface area contributed by atoms with E-state index in [1.807, 2.05) is 17.5 Å². The Kier molecular flexibility index (Phi) is 6.49. The topological polar surface area (TPSA) is 41.1 Å². The van der Waals surface area contributed by atoms with E-state index in [9.17, 15) is 18.0 Å². The zero-order valence-corrected chi connectivity index (χ0v) is 15.9. The van der Waals surface area contributed by atoms with Crippen LogP contribution in [0.25, 0.3) is 0 Å². The molecule has 2 N–H and O–H groups in total. The van der Waals surface area contributed by atoms with E-state index >= 15 is 0 Å². The molecule has 0 spiro atoms. The van der Waals surface area contributed by atoms with Crippen molar-refractivity contribution in [2.45, 2.75) is 19.0 Å². The van der Waals surface area contributed by atoms with Gasteiger partial charge in [-0.1, -0.05) is 24.3 Å². The maximum absolute atomic E-state index is 13.4. The first-order valence-corrected chi connectivity index (χ1v) is 9.58. The lowest BCUT2D eigenvalue weighted by Crippen LogP contribution is -2.37. The number of carbonyl (C=O) groups is 1. The summed E-state index contributed by atoms with van der Waals surface area (Å²) in [6.45, 7) is 1.75. The van der Waals surface area contributed by atoms with Gasteiger partial charge in [0.2, 0.25) is 5.91 Å². The molecule has 3 aromatic rings. The lowest BCUT2D eigenvalue weighted by Gasteiger charge is -2.20. The van der Waals surface area contributed by atoms with Crippen LogP contribution in [0.3, 0.4) is 0 Å². The highest BCUT2D eigenvalue weighted by atomic mass is 32.1. The standard InChI is InChI=1S/C21H19F3N2OS/c1-13(15-6-9-17(23)18(24)11-15)25-12-20(27)26-21(19-3-2-10-28-19)14-4-7-16(22)8-5-14/h2-11,13,21,25H,12H2,1H3,(H,26,27)/t13-,21-/m1/s1. The molecule has 0 radical (unpaired) electrons. The second-order valence-electron chi connectivity index (χ2n) is 6.34. The minimum absolute atomic E-state index is 0.0107. The van der Waals surface area contributed by atoms with Crippen molar-refractivity contribution in [3.05, 3.63) is 93.4 Å². The summed E-state index contributed by atoms with van der Waals surface area (Å²) < 4.78 is 39.7. The third-order valence-electron chi connectivity index (χ3n) is 4.35. The fourth-order valence-corrected chi connectivity index (χ4v) is 3.59. The molecule has 1 aromatic heterocycles. The zero-order chi connectivity index (χ0) is 20.1. The highest BCUT2D eigenvalue weighted by molar-refractivity contribution is 7.10. The number of amides is 1. The van der Waals surface area contributed by atoms with Crippen molar-refractivity contribution in [2.24, 2.45) is 0 Å². The summed E-state index contributed by atoms with van der Waals surface area (Å²) in [5.74, 6) is -2.45. The van der Waals surface area contributed by atoms with Gasteiger partial charge >= 0.3 is 0 Å². The predicted octanol–water partition coefficient (Wildman–Crippen LogP) is 4.72. The molecule has 3 nitrogen and oxygen atoms in total. The Morgan fingerprint density at radius 1 is 1.00 bits per heavy atom. The zero-order valence-electron chi connectivity index (χ0n) is 15.1. The molecule has 1 heterocycles. The average molecular weight is 404 g/mol. The van der Waals surface area contributed by atoms with Crippen LogP contribution in [-0.4, -0.2) is 12.5 Å². The second kappa shape index (κ2) is 9.03. The van der Waals surface area contributed by atoms with Gasteiger partial charge in [-0.25, -0.2) is 13.2 Å². The first kappa shape index (κ1) is 20.1. The third-order valence-corrected chi connectivity index (χ3v) is 5.29. The monoisotopic (exact) mass is 404 g/mol. The molecule has 3 rings (SSSR count). The Morgan fingerprint density at radius 2 is 1.71 bits per heavy atom. The van der Waals surface area contributed by atoms with Gasteiger partial charge in [-0.2, -0.15) is 0 Å². The number of nitrogens with one attached hydrogen (secondary N) is 2. The molecule has 0 aliphatic rings. The minimum Gasteiger partial charge on any atom is -0.343 e. The Bertz CT molecular complexity index is 929. The molecule has 0 aliphatic heterocycles. The van der Waals surface area contributed by atoms with Crippen LogP contribution < -0.4 is 10.6 Å². The van der Waals surface area contributed by atoms with Gasteiger partial charge in [0, 0.05) is 10.9 Å². The minimum atomic E-state index is -0.926. The van der Waals surface area contributed by atoms with Gasteiger partial charge in [0.1, 0.15) is 5.82 Å². The lowest BCUT2D eigenvalue weighted by molar-refractivity contribution is -0.120. The van der Waals surface area contributed by atoms with Gasteiger partial charge in [0.15, 0.2) is 11.6 Å². The number of carbonyl (C=O) groups excluding carboxylic acids is 1. The quantitative estimate of drug-likeness (QED) is 0.598. The van der Waals surface area contributed by atoms with Gasteiger partial charge in [-0.3, -0.25) is 4.79 Å². The summed E-state index contributed by atoms with van der Waals surface area (Å²) in [5, 5.41) is 7.84. The van der Waals surface area contributed by atoms with E-state index in [1.54, 1.807) is 19.1 Å². The Hall–Kier alpha value is -2.64. The van der Waals surface area contributed by atoms with Gasteiger partial charge in [-0.15, -0.1) is 11.3 Å². The van der Waals surface area contributed by atoms with E-state index < -0.39 is 17.7 Å². The average Bonchev–Trinajstić information content (AvgIpc) is 3.21. The molecule has 0 aliphatic carbocycles. The van der Waals surface area contributed by atoms with Crippen LogP contribution in [0.5, 0.6) is 0 Å². The SMILES string of the molecule is C[C@@H](NCC(=O)N[C@H](c1ccc(F)cc1)c1cccs1)c1ccc(F)c(F)c1. The Labute approximate surface area is 165 Å². The van der Waals surface area contributed by atoms with E-state index in [2.05, 4.69) is 10.6 Å². The van der Waals surface area contributed by atoms with Crippen molar-refractivity contribution in [1.29, 1.82) is 0 Å². The summed E-state index contributed by atoms with van der Waals surface area (Å²) in [6, 6.07) is 12.7. The van der Waals surface area contributed by atoms with E-state index in [0.29, 0.717) is 5.56 Å². The summed E-state index contributed by atoms with van der Waals surface area (Å²) >= 11 is 1.49. The Morgan fingerprint density at radius 3 is 2.36 bits per heavy atom. The Balaban J connectivity index is 1.65. The molecular formula is C21H19F3N2OS. The van der Waals surface area contributed by atoms with Crippen LogP contribution in [0.4, 0.5) is 13.2 Å². The number of hydrogen-bond donors (Lipinski definition) is 2. The van der Waals surface area contributed by atoms with Crippen LogP contribution in [-0.2, 0) is 4.79 Å². The number of hydrogen-bond acceptors (Lipinski definition) is 3. The van der Waals surface area contributed by atoms with Crippen LogP contribution in [0.2, 0.25) is 0 Å². The number of thiophene rings is 1. The second-order valence-corrected chi connectivity index (χ2v) is 7.32. The summed E-state index contributed by atoms with van der Waals surface area (Å²) in [7, 11) is 0. The predicted molar refractivity (Wildman–Crippen MR) is 103 cm³/mol. The molecular weight excluding hydrogens is 385 g/mol. The highest BCUT2D eigenvalue weighted by Crippen LogP contribution is 2.26. The normalized spacial score (nSPS) is 13.1. The third kappa shape index (κ3) is 4.99. The maximum Gasteiger partial charge on any atom is 0.234 e. The molecule has 2 aromatic carbocycles. The molecule has 2 atom stereocenters. The molecule has 0 fully saturated rings. The lowest BCUT2D eigenvalue weighted by atomic mass is 10.1. The van der Waals surface area contributed by atoms with Gasteiger partial charge in [0.05, 0.1) is 12.6 Å². The first-order chi connectivity index (χ1) is 13.4. The summed E-state index contributed by atoms with van der Waals surface area (Å²) in [5.41, 5.74) is 1.31. The maximum atomic E-state index is 13.4. The first-order valence-electron chi connectivity index (χ1n) is 8.70. The molecule has 1 amide bonds. The van der Waals surface area contributed by atoms with E-state index in [0.717, 1.165) is 22.6 Å². The molecule has 0 saturated heterocycles. The van der Waals surface area contributed by atoms with Crippen molar-refractivity contribution in [2.75, 3.05) is 6.54 Å². The summed E-state index contributed by atoms with van der Waals surface area (Å²) in [6.07, 6.45) is 0. The largest absolute Gasteiger partial charge is 0.343 e. The fraction of sp³-hybridized carbons (Fsp3) is 0.190. The van der Waals surface area contributed by atoms with Crippen LogP contribution >= 0.6 is 11.3 Å². The van der Waals surface area contributed by atoms with Gasteiger partial charge in [0.25, 0.3) is 0 Å². The van der Waals surface area contributed by atoms with Crippen molar-refractivity contribution in [3.8, 4) is 0 Å². The fourth-order valence-electron chi connectivity index (χ4n) is 2.79. The molecule has 0 bridgehead atoms. The molecule has 146 valence electrons. The number of halogens is 3. The number of rotatable bonds is 7. The van der Waals surface area contributed by atoms with Crippen LogP contribution in [0.15, 0.2) is 60.0 Å². The van der Waals surface area contributed by atoms with E-state index in [1.165, 1.54) is 29.5 Å². The van der Waals surface area contributed by atoms with Crippen molar-refractivity contribution in [3.63, 3.8) is 0 Å². The van der Waals surface area contributed by atoms with Gasteiger partial charge in [-0.05, 0) is 53.8 Å². The van der Waals surface area contributed by atoms with Crippen molar-refractivity contribution < 1.29 is 18.0 Å². The van der Waals surface area contributed by atoms with Crippen molar-refractivity contribution >= 4 is 17.2 Å². The highest BCUT2D eigenvalue weighted by Gasteiger charge is 2.18. The van der Waals surface area contributed by atoms with Gasteiger partial charge < -0.3 is 10.6 Å². The van der Waals surface area contributed by atoms with E-state index in [4.69, 9.17) is 0 Å². The van der Waals surface area contributed by atoms with E-state index in [-0.39, 0.29) is 24.3 Å². The van der Waals surface area contributed by atoms with Crippen molar-refractivity contribution in [1.82, 2.24) is 10.6 Å². The van der Waals surface area contributed by atoms with Crippen LogP contribution in [0, 0.1) is 17.5 Å². The number of benzene rings is 2. The molecule has 7 heteroatoms.